The average molecular weight is 604 g/mol. The topological polar surface area (TPSA) is 193 Å². The van der Waals surface area contributed by atoms with Crippen LogP contribution in [-0.4, -0.2) is 78.4 Å². The van der Waals surface area contributed by atoms with E-state index in [4.69, 9.17) is 24.3 Å². The number of halogens is 3. The minimum atomic E-state index is -5.32. The molecule has 41 heavy (non-hydrogen) atoms. The van der Waals surface area contributed by atoms with Gasteiger partial charge in [0.05, 0.1) is 12.4 Å². The molecule has 0 radical (unpaired) electrons. The first-order chi connectivity index (χ1) is 19.2. The number of rotatable bonds is 10. The zero-order valence-electron chi connectivity index (χ0n) is 21.9. The second kappa shape index (κ2) is 11.9. The maximum absolute atomic E-state index is 14.4. The summed E-state index contributed by atoms with van der Waals surface area (Å²) < 4.78 is 79.0. The van der Waals surface area contributed by atoms with Crippen LogP contribution in [0.2, 0.25) is 0 Å². The van der Waals surface area contributed by atoms with Crippen LogP contribution in [0.5, 0.6) is 5.75 Å². The number of aliphatic hydroxyl groups excluding tert-OH is 2. The number of aromatic nitrogens is 4. The SMILES string of the molecule is CC(C)OC(=O)[C@H](C)NP(=O)(Oc1ccccc1)O[C@@H]([C@H]1O[C@@H](n2cnc3c(N)ncnc32)[C@H](O)[C@@H]1O)C(F)(F)F. The predicted octanol–water partition coefficient (Wildman–Crippen LogP) is 2.09. The highest BCUT2D eigenvalue weighted by Crippen LogP contribution is 2.51. The highest BCUT2D eigenvalue weighted by Gasteiger charge is 2.59. The minimum Gasteiger partial charge on any atom is -0.462 e. The Hall–Kier alpha value is -3.34. The molecule has 0 bridgehead atoms. The van der Waals surface area contributed by atoms with Crippen LogP contribution in [0.15, 0.2) is 43.0 Å². The number of nitrogens with two attached hydrogens (primary N) is 1. The van der Waals surface area contributed by atoms with Crippen LogP contribution >= 0.6 is 7.75 Å². The molecule has 3 heterocycles. The monoisotopic (exact) mass is 604 g/mol. The minimum absolute atomic E-state index is 0.0103. The van der Waals surface area contributed by atoms with Gasteiger partial charge in [-0.3, -0.25) is 13.9 Å². The van der Waals surface area contributed by atoms with Crippen LogP contribution in [0, 0.1) is 0 Å². The molecule has 0 aliphatic carbocycles. The van der Waals surface area contributed by atoms with Crippen molar-refractivity contribution in [1.82, 2.24) is 24.6 Å². The molecule has 0 spiro atoms. The second-order valence-corrected chi connectivity index (χ2v) is 11.0. The van der Waals surface area contributed by atoms with Crippen LogP contribution in [0.4, 0.5) is 19.0 Å². The summed E-state index contributed by atoms with van der Waals surface area (Å²) in [5, 5.41) is 23.5. The van der Waals surface area contributed by atoms with Gasteiger partial charge in [0.15, 0.2) is 23.8 Å². The van der Waals surface area contributed by atoms with Gasteiger partial charge in [-0.1, -0.05) is 18.2 Å². The van der Waals surface area contributed by atoms with E-state index >= 15 is 0 Å². The number of alkyl halides is 3. The first kappa shape index (κ1) is 30.6. The van der Waals surface area contributed by atoms with Crippen LogP contribution in [0.25, 0.3) is 11.2 Å². The molecule has 1 aromatic carbocycles. The molecule has 224 valence electrons. The molecule has 5 N–H and O–H groups in total. The third-order valence-electron chi connectivity index (χ3n) is 5.84. The van der Waals surface area contributed by atoms with Gasteiger partial charge in [-0.15, -0.1) is 0 Å². The number of esters is 1. The van der Waals surface area contributed by atoms with Crippen LogP contribution < -0.4 is 15.3 Å². The van der Waals surface area contributed by atoms with Gasteiger partial charge >= 0.3 is 19.9 Å². The van der Waals surface area contributed by atoms with Crippen molar-refractivity contribution in [2.75, 3.05) is 5.73 Å². The van der Waals surface area contributed by atoms with Crippen molar-refractivity contribution >= 4 is 30.7 Å². The van der Waals surface area contributed by atoms with Gasteiger partial charge < -0.3 is 29.9 Å². The van der Waals surface area contributed by atoms with Gasteiger partial charge in [0.25, 0.3) is 0 Å². The summed E-state index contributed by atoms with van der Waals surface area (Å²) >= 11 is 0. The number of nitrogens with one attached hydrogen (secondary N) is 1. The number of ether oxygens (including phenoxy) is 2. The lowest BCUT2D eigenvalue weighted by Gasteiger charge is -2.31. The normalized spacial score (nSPS) is 24.2. The largest absolute Gasteiger partial charge is 0.462 e. The summed E-state index contributed by atoms with van der Waals surface area (Å²) in [5.41, 5.74) is 5.84. The Bertz CT molecular complexity index is 1410. The molecule has 1 saturated heterocycles. The van der Waals surface area contributed by atoms with Crippen LogP contribution in [-0.2, 0) is 23.4 Å². The lowest BCUT2D eigenvalue weighted by atomic mass is 10.1. The number of hydrogen-bond acceptors (Lipinski definition) is 12. The zero-order chi connectivity index (χ0) is 30.1. The van der Waals surface area contributed by atoms with Gasteiger partial charge in [-0.2, -0.15) is 18.3 Å². The summed E-state index contributed by atoms with van der Waals surface area (Å²) in [4.78, 5) is 24.1. The molecule has 1 unspecified atom stereocenters. The van der Waals surface area contributed by atoms with Crippen LogP contribution in [0.3, 0.4) is 0 Å². The molecule has 4 rings (SSSR count). The number of nitrogens with zero attached hydrogens (tertiary/aromatic N) is 4. The van der Waals surface area contributed by atoms with Crippen molar-refractivity contribution in [3.63, 3.8) is 0 Å². The van der Waals surface area contributed by atoms with Gasteiger partial charge in [0.2, 0.25) is 0 Å². The first-order valence-corrected chi connectivity index (χ1v) is 13.8. The number of fused-ring (bicyclic) bond motifs is 1. The van der Waals surface area contributed by atoms with Gasteiger partial charge in [-0.25, -0.2) is 19.5 Å². The number of hydrogen-bond donors (Lipinski definition) is 4. The quantitative estimate of drug-likeness (QED) is 0.194. The fraction of sp³-hybridized carbons (Fsp3) is 0.478. The number of para-hydroxylation sites is 1. The van der Waals surface area contributed by atoms with E-state index in [0.717, 1.165) is 17.2 Å². The first-order valence-electron chi connectivity index (χ1n) is 12.2. The Morgan fingerprint density at radius 2 is 1.83 bits per heavy atom. The number of imidazole rings is 1. The Balaban J connectivity index is 1.66. The highest BCUT2D eigenvalue weighted by atomic mass is 31.2. The molecule has 14 nitrogen and oxygen atoms in total. The van der Waals surface area contributed by atoms with Crippen molar-refractivity contribution in [1.29, 1.82) is 0 Å². The van der Waals surface area contributed by atoms with E-state index < -0.39 is 62.7 Å². The summed E-state index contributed by atoms with van der Waals surface area (Å²) in [6.45, 7) is 4.28. The Labute approximate surface area is 231 Å². The smallest absolute Gasteiger partial charge is 0.460 e. The summed E-state index contributed by atoms with van der Waals surface area (Å²) in [6, 6.07) is 5.67. The number of nitrogen functional groups attached to an aromatic ring is 1. The summed E-state index contributed by atoms with van der Waals surface area (Å²) in [7, 11) is -5.07. The van der Waals surface area contributed by atoms with E-state index in [9.17, 15) is 32.7 Å². The fourth-order valence-corrected chi connectivity index (χ4v) is 5.67. The number of carbonyl (C=O) groups excluding carboxylic acids is 1. The number of carbonyl (C=O) groups is 1. The van der Waals surface area contributed by atoms with Gasteiger partial charge in [-0.05, 0) is 32.9 Å². The maximum atomic E-state index is 14.4. The Kier molecular flexibility index (Phi) is 8.87. The van der Waals surface area contributed by atoms with Crippen molar-refractivity contribution in [2.24, 2.45) is 0 Å². The van der Waals surface area contributed by atoms with E-state index in [1.54, 1.807) is 19.9 Å². The number of anilines is 1. The molecule has 3 aromatic rings. The molecule has 2 aromatic heterocycles. The van der Waals surface area contributed by atoms with Crippen molar-refractivity contribution < 1.29 is 51.3 Å². The Morgan fingerprint density at radius 3 is 2.46 bits per heavy atom. The molecule has 1 fully saturated rings. The molecule has 1 aliphatic rings. The predicted molar refractivity (Wildman–Crippen MR) is 135 cm³/mol. The lowest BCUT2D eigenvalue weighted by molar-refractivity contribution is -0.237. The van der Waals surface area contributed by atoms with E-state index in [-0.39, 0.29) is 22.7 Å². The summed E-state index contributed by atoms with van der Waals surface area (Å²) in [5.74, 6) is -1.13. The lowest BCUT2D eigenvalue weighted by Crippen LogP contribution is -2.49. The van der Waals surface area contributed by atoms with Crippen molar-refractivity contribution in [3.8, 4) is 5.75 Å². The fourth-order valence-electron chi connectivity index (χ4n) is 4.00. The van der Waals surface area contributed by atoms with Crippen LogP contribution in [0.1, 0.15) is 27.0 Å². The molecular weight excluding hydrogens is 576 g/mol. The third kappa shape index (κ3) is 6.77. The van der Waals surface area contributed by atoms with Crippen molar-refractivity contribution in [2.45, 2.75) is 69.7 Å². The molecular formula is C23H28F3N6O8P. The van der Waals surface area contributed by atoms with E-state index in [2.05, 4.69) is 20.0 Å². The highest BCUT2D eigenvalue weighted by molar-refractivity contribution is 7.52. The van der Waals surface area contributed by atoms with Crippen molar-refractivity contribution in [3.05, 3.63) is 43.0 Å². The maximum Gasteiger partial charge on any atom is 0.460 e. The molecule has 0 saturated carbocycles. The van der Waals surface area contributed by atoms with E-state index in [1.165, 1.54) is 31.2 Å². The van der Waals surface area contributed by atoms with Gasteiger partial charge in [0.1, 0.15) is 41.9 Å². The third-order valence-corrected chi connectivity index (χ3v) is 7.50. The van der Waals surface area contributed by atoms with E-state index in [0.29, 0.717) is 0 Å². The second-order valence-electron chi connectivity index (χ2n) is 9.36. The molecule has 7 atom stereocenters. The van der Waals surface area contributed by atoms with E-state index in [1.807, 2.05) is 0 Å². The summed E-state index contributed by atoms with van der Waals surface area (Å²) in [6.07, 6.45) is -14.9. The van der Waals surface area contributed by atoms with Gasteiger partial charge in [0, 0.05) is 0 Å². The Morgan fingerprint density at radius 1 is 1.15 bits per heavy atom. The molecule has 18 heteroatoms. The average Bonchev–Trinajstić information content (AvgIpc) is 3.44. The number of benzene rings is 1. The zero-order valence-corrected chi connectivity index (χ0v) is 22.8. The number of aliphatic hydroxyl groups is 2. The standard InChI is InChI=1S/C23H28F3N6O8P/c1-11(2)37-22(35)12(3)31-41(36,39-13-7-5-4-6-8-13)40-18(23(24,25)26)17-15(33)16(34)21(38-17)32-10-30-14-19(27)28-9-29-20(14)32/h4-12,15-18,21,33-34H,1-3H3,(H,31,36)(H2,27,28,29)/t12-,15-,16+,17-,18-,21+,41?/m0/s1. The molecule has 1 aliphatic heterocycles. The molecule has 0 amide bonds.